The van der Waals surface area contributed by atoms with Crippen molar-refractivity contribution in [3.05, 3.63) is 94.4 Å². The van der Waals surface area contributed by atoms with Gasteiger partial charge in [-0.15, -0.1) is 0 Å². The Labute approximate surface area is 198 Å². The van der Waals surface area contributed by atoms with E-state index in [0.717, 1.165) is 40.2 Å². The van der Waals surface area contributed by atoms with Crippen LogP contribution < -0.4 is 15.4 Å². The molecule has 0 saturated carbocycles. The largest absolute Gasteiger partial charge is 0.489 e. The number of Topliss-reactive ketones (excluding diaryl/α,β-unsaturated/α-hetero) is 1. The van der Waals surface area contributed by atoms with Crippen molar-refractivity contribution in [3.63, 3.8) is 0 Å². The fraction of sp³-hybridized carbons (Fsp3) is 0.259. The van der Waals surface area contributed by atoms with Crippen LogP contribution in [-0.2, 0) is 11.4 Å². The number of ketones is 1. The smallest absolute Gasteiger partial charge is 0.163 e. The van der Waals surface area contributed by atoms with Gasteiger partial charge in [-0.05, 0) is 41.2 Å². The molecule has 6 heteroatoms. The number of ether oxygens (including phenoxy) is 1. The summed E-state index contributed by atoms with van der Waals surface area (Å²) in [7, 11) is 0. The summed E-state index contributed by atoms with van der Waals surface area (Å²) in [6.07, 6.45) is 4.79. The molecule has 1 unspecified atom stereocenters. The van der Waals surface area contributed by atoms with E-state index >= 15 is 0 Å². The van der Waals surface area contributed by atoms with Gasteiger partial charge in [0.25, 0.3) is 0 Å². The van der Waals surface area contributed by atoms with E-state index in [1.54, 1.807) is 12.4 Å². The number of hydrogen-bond donors (Lipinski definition) is 2. The number of pyridine rings is 1. The number of halogens is 1. The molecule has 1 aromatic heterocycles. The van der Waals surface area contributed by atoms with Crippen LogP contribution in [-0.4, -0.2) is 10.8 Å². The van der Waals surface area contributed by atoms with Gasteiger partial charge in [0.15, 0.2) is 5.78 Å². The lowest BCUT2D eigenvalue weighted by atomic mass is 9.73. The summed E-state index contributed by atoms with van der Waals surface area (Å²) in [6.45, 7) is 4.71. The Hall–Kier alpha value is -3.31. The standard InChI is InChI=1S/C27H26ClN3O2/c1-27(2)13-22-25(24(32)14-27)26(31-21-10-11-29-15-23(21)30-22)19-9-8-18(12-20(19)28)33-16-17-6-4-3-5-7-17/h3-12,15,26,30-31H,13-14,16H2,1-2H3. The van der Waals surface area contributed by atoms with Gasteiger partial charge in [-0.1, -0.05) is 61.8 Å². The summed E-state index contributed by atoms with van der Waals surface area (Å²) in [5, 5.41) is 7.58. The highest BCUT2D eigenvalue weighted by Crippen LogP contribution is 2.46. The zero-order valence-corrected chi connectivity index (χ0v) is 19.4. The molecule has 2 heterocycles. The molecule has 33 heavy (non-hydrogen) atoms. The zero-order chi connectivity index (χ0) is 23.0. The molecule has 0 fully saturated rings. The maximum atomic E-state index is 13.3. The molecule has 1 atom stereocenters. The van der Waals surface area contributed by atoms with E-state index in [-0.39, 0.29) is 17.2 Å². The second-order valence-corrected chi connectivity index (χ2v) is 9.82. The molecule has 1 aliphatic carbocycles. The number of carbonyl (C=O) groups excluding carboxylic acids is 1. The van der Waals surface area contributed by atoms with Crippen LogP contribution in [0.4, 0.5) is 11.4 Å². The third-order valence-corrected chi connectivity index (χ3v) is 6.47. The van der Waals surface area contributed by atoms with Crippen molar-refractivity contribution in [2.24, 2.45) is 5.41 Å². The quantitative estimate of drug-likeness (QED) is 0.464. The van der Waals surface area contributed by atoms with Crippen molar-refractivity contribution in [2.45, 2.75) is 39.3 Å². The number of benzene rings is 2. The minimum atomic E-state index is -0.365. The average molecular weight is 460 g/mol. The molecule has 5 nitrogen and oxygen atoms in total. The lowest BCUT2D eigenvalue weighted by Gasteiger charge is -2.34. The maximum Gasteiger partial charge on any atom is 0.163 e. The number of nitrogens with one attached hydrogen (secondary N) is 2. The van der Waals surface area contributed by atoms with Gasteiger partial charge < -0.3 is 15.4 Å². The highest BCUT2D eigenvalue weighted by Gasteiger charge is 2.39. The first-order valence-corrected chi connectivity index (χ1v) is 11.5. The average Bonchev–Trinajstić information content (AvgIpc) is 2.94. The van der Waals surface area contributed by atoms with Crippen molar-refractivity contribution in [2.75, 3.05) is 10.6 Å². The van der Waals surface area contributed by atoms with Crippen molar-refractivity contribution in [1.29, 1.82) is 0 Å². The molecule has 0 radical (unpaired) electrons. The maximum absolute atomic E-state index is 13.3. The van der Waals surface area contributed by atoms with Gasteiger partial charge >= 0.3 is 0 Å². The van der Waals surface area contributed by atoms with Crippen LogP contribution in [0.15, 0.2) is 78.3 Å². The Morgan fingerprint density at radius 3 is 2.70 bits per heavy atom. The predicted octanol–water partition coefficient (Wildman–Crippen LogP) is 6.54. The monoisotopic (exact) mass is 459 g/mol. The molecule has 3 aromatic rings. The van der Waals surface area contributed by atoms with Gasteiger partial charge in [0.2, 0.25) is 0 Å². The molecule has 168 valence electrons. The molecule has 2 aliphatic rings. The molecule has 0 bridgehead atoms. The molecule has 0 saturated heterocycles. The van der Waals surface area contributed by atoms with E-state index in [1.165, 1.54) is 0 Å². The fourth-order valence-electron chi connectivity index (χ4n) is 4.60. The summed E-state index contributed by atoms with van der Waals surface area (Å²) >= 11 is 6.77. The number of aromatic nitrogens is 1. The van der Waals surface area contributed by atoms with Crippen LogP contribution in [0, 0.1) is 5.41 Å². The van der Waals surface area contributed by atoms with Crippen molar-refractivity contribution in [1.82, 2.24) is 4.98 Å². The topological polar surface area (TPSA) is 63.2 Å². The van der Waals surface area contributed by atoms with E-state index in [2.05, 4.69) is 29.5 Å². The van der Waals surface area contributed by atoms with Crippen LogP contribution in [0.5, 0.6) is 5.75 Å². The van der Waals surface area contributed by atoms with Gasteiger partial charge in [0.05, 0.1) is 23.6 Å². The van der Waals surface area contributed by atoms with E-state index in [0.29, 0.717) is 23.8 Å². The Morgan fingerprint density at radius 1 is 1.09 bits per heavy atom. The van der Waals surface area contributed by atoms with Crippen LogP contribution in [0.3, 0.4) is 0 Å². The van der Waals surface area contributed by atoms with Gasteiger partial charge in [-0.3, -0.25) is 9.78 Å². The molecule has 2 aromatic carbocycles. The number of nitrogens with zero attached hydrogens (tertiary/aromatic N) is 1. The molecule has 5 rings (SSSR count). The van der Waals surface area contributed by atoms with E-state index in [9.17, 15) is 4.79 Å². The summed E-state index contributed by atoms with van der Waals surface area (Å²) in [4.78, 5) is 17.6. The first-order valence-electron chi connectivity index (χ1n) is 11.1. The van der Waals surface area contributed by atoms with Crippen LogP contribution in [0.1, 0.15) is 43.9 Å². The number of anilines is 2. The van der Waals surface area contributed by atoms with Crippen molar-refractivity contribution < 1.29 is 9.53 Å². The first kappa shape index (κ1) is 21.5. The second kappa shape index (κ2) is 8.56. The lowest BCUT2D eigenvalue weighted by molar-refractivity contribution is -0.118. The summed E-state index contributed by atoms with van der Waals surface area (Å²) in [6, 6.07) is 17.2. The van der Waals surface area contributed by atoms with Gasteiger partial charge in [-0.25, -0.2) is 0 Å². The minimum Gasteiger partial charge on any atom is -0.489 e. The molecular formula is C27H26ClN3O2. The summed E-state index contributed by atoms with van der Waals surface area (Å²) < 4.78 is 5.95. The predicted molar refractivity (Wildman–Crippen MR) is 131 cm³/mol. The summed E-state index contributed by atoms with van der Waals surface area (Å²) in [5.41, 5.74) is 5.23. The highest BCUT2D eigenvalue weighted by atomic mass is 35.5. The minimum absolute atomic E-state index is 0.112. The highest BCUT2D eigenvalue weighted by molar-refractivity contribution is 6.31. The summed E-state index contributed by atoms with van der Waals surface area (Å²) in [5.74, 6) is 0.821. The first-order chi connectivity index (χ1) is 15.9. The number of hydrogen-bond acceptors (Lipinski definition) is 5. The van der Waals surface area contributed by atoms with E-state index in [4.69, 9.17) is 16.3 Å². The van der Waals surface area contributed by atoms with E-state index in [1.807, 2.05) is 54.6 Å². The molecule has 2 N–H and O–H groups in total. The number of fused-ring (bicyclic) bond motifs is 1. The fourth-order valence-corrected chi connectivity index (χ4v) is 4.88. The Balaban J connectivity index is 1.50. The van der Waals surface area contributed by atoms with Gasteiger partial charge in [-0.2, -0.15) is 0 Å². The normalized spacial score (nSPS) is 19.0. The van der Waals surface area contributed by atoms with Gasteiger partial charge in [0.1, 0.15) is 12.4 Å². The second-order valence-electron chi connectivity index (χ2n) is 9.41. The molecule has 1 aliphatic heterocycles. The third kappa shape index (κ3) is 4.46. The molecular weight excluding hydrogens is 434 g/mol. The van der Waals surface area contributed by atoms with E-state index < -0.39 is 0 Å². The van der Waals surface area contributed by atoms with Crippen LogP contribution in [0.25, 0.3) is 0 Å². The van der Waals surface area contributed by atoms with Crippen molar-refractivity contribution >= 4 is 28.8 Å². The zero-order valence-electron chi connectivity index (χ0n) is 18.7. The van der Waals surface area contributed by atoms with Gasteiger partial charge in [0, 0.05) is 28.9 Å². The number of rotatable bonds is 4. The third-order valence-electron chi connectivity index (χ3n) is 6.15. The van der Waals surface area contributed by atoms with Crippen LogP contribution in [0.2, 0.25) is 5.02 Å². The SMILES string of the molecule is CC1(C)CC(=O)C2=C(C1)Nc1cnccc1NC2c1ccc(OCc2ccccc2)cc1Cl. The van der Waals surface area contributed by atoms with Crippen LogP contribution >= 0.6 is 11.6 Å². The molecule has 0 spiro atoms. The Morgan fingerprint density at radius 2 is 1.91 bits per heavy atom. The van der Waals surface area contributed by atoms with Crippen molar-refractivity contribution in [3.8, 4) is 5.75 Å². The number of allylic oxidation sites excluding steroid dienone is 1. The lowest BCUT2D eigenvalue weighted by Crippen LogP contribution is -2.31. The Bertz CT molecular complexity index is 1240. The number of carbonyl (C=O) groups is 1. The Kier molecular flexibility index (Phi) is 5.59. The molecule has 0 amide bonds.